The van der Waals surface area contributed by atoms with Gasteiger partial charge < -0.3 is 15.2 Å². The number of amides is 1. The summed E-state index contributed by atoms with van der Waals surface area (Å²) in [5.41, 5.74) is 0. The van der Waals surface area contributed by atoms with Crippen molar-refractivity contribution in [2.24, 2.45) is 5.92 Å². The molecule has 144 valence electrons. The molecule has 1 fully saturated rings. The van der Waals surface area contributed by atoms with Gasteiger partial charge in [-0.25, -0.2) is 13.2 Å². The summed E-state index contributed by atoms with van der Waals surface area (Å²) in [5.74, 6) is -2.16. The van der Waals surface area contributed by atoms with E-state index in [1.807, 2.05) is 0 Å². The van der Waals surface area contributed by atoms with Crippen LogP contribution in [0.3, 0.4) is 0 Å². The van der Waals surface area contributed by atoms with E-state index in [0.717, 1.165) is 0 Å². The maximum Gasteiger partial charge on any atom is 0.326 e. The minimum atomic E-state index is -3.67. The highest BCUT2D eigenvalue weighted by molar-refractivity contribution is 7.89. The zero-order valence-corrected chi connectivity index (χ0v) is 15.4. The number of methoxy groups -OCH3 is 1. The van der Waals surface area contributed by atoms with E-state index in [1.165, 1.54) is 23.5 Å². The minimum absolute atomic E-state index is 0.0413. The summed E-state index contributed by atoms with van der Waals surface area (Å²) >= 11 is 0. The van der Waals surface area contributed by atoms with Crippen molar-refractivity contribution >= 4 is 21.9 Å². The van der Waals surface area contributed by atoms with Gasteiger partial charge in [-0.2, -0.15) is 4.31 Å². The Morgan fingerprint density at radius 1 is 1.35 bits per heavy atom. The third-order valence-electron chi connectivity index (χ3n) is 4.36. The maximum atomic E-state index is 12.7. The average Bonchev–Trinajstić information content (AvgIpc) is 2.65. The lowest BCUT2D eigenvalue weighted by Crippen LogP contribution is -2.49. The second-order valence-corrected chi connectivity index (χ2v) is 8.13. The fourth-order valence-electron chi connectivity index (χ4n) is 2.90. The Bertz CT molecular complexity index is 722. The van der Waals surface area contributed by atoms with Crippen LogP contribution in [0.15, 0.2) is 35.2 Å². The Balaban J connectivity index is 2.05. The number of carboxylic acid groups (broad SMARTS) is 1. The van der Waals surface area contributed by atoms with Crippen LogP contribution < -0.4 is 5.32 Å². The molecule has 0 aromatic heterocycles. The predicted molar refractivity (Wildman–Crippen MR) is 94.0 cm³/mol. The molecule has 2 atom stereocenters. The molecule has 1 aromatic rings. The van der Waals surface area contributed by atoms with E-state index in [2.05, 4.69) is 5.32 Å². The molecule has 2 unspecified atom stereocenters. The van der Waals surface area contributed by atoms with E-state index in [9.17, 15) is 23.1 Å². The molecule has 0 radical (unpaired) electrons. The topological polar surface area (TPSA) is 113 Å². The van der Waals surface area contributed by atoms with Gasteiger partial charge in [0.25, 0.3) is 0 Å². The van der Waals surface area contributed by atoms with E-state index in [-0.39, 0.29) is 24.5 Å². The molecule has 0 aliphatic carbocycles. The van der Waals surface area contributed by atoms with Crippen molar-refractivity contribution in [1.82, 2.24) is 9.62 Å². The molecule has 0 bridgehead atoms. The SMILES string of the molecule is COCCC(NC(=O)C1CCCN(S(=O)(=O)c2ccccc2)C1)C(=O)O. The normalized spacial score (nSPS) is 19.7. The Hall–Kier alpha value is -1.97. The molecule has 1 aromatic carbocycles. The van der Waals surface area contributed by atoms with Gasteiger partial charge in [0.15, 0.2) is 0 Å². The highest BCUT2D eigenvalue weighted by Crippen LogP contribution is 2.24. The van der Waals surface area contributed by atoms with Gasteiger partial charge in [-0.3, -0.25) is 4.79 Å². The summed E-state index contributed by atoms with van der Waals surface area (Å²) < 4.78 is 31.6. The number of carbonyl (C=O) groups excluding carboxylic acids is 1. The number of rotatable bonds is 8. The predicted octanol–water partition coefficient (Wildman–Crippen LogP) is 0.693. The van der Waals surface area contributed by atoms with E-state index in [1.54, 1.807) is 18.2 Å². The molecule has 0 saturated carbocycles. The van der Waals surface area contributed by atoms with Gasteiger partial charge in [-0.05, 0) is 25.0 Å². The van der Waals surface area contributed by atoms with Crippen molar-refractivity contribution in [2.75, 3.05) is 26.8 Å². The Kier molecular flexibility index (Phi) is 7.13. The third kappa shape index (κ3) is 5.03. The Morgan fingerprint density at radius 2 is 2.04 bits per heavy atom. The number of sulfonamides is 1. The Morgan fingerprint density at radius 3 is 2.65 bits per heavy atom. The number of nitrogens with one attached hydrogen (secondary N) is 1. The zero-order valence-electron chi connectivity index (χ0n) is 14.6. The molecule has 9 heteroatoms. The summed E-state index contributed by atoms with van der Waals surface area (Å²) in [5, 5.41) is 11.7. The van der Waals surface area contributed by atoms with Crippen molar-refractivity contribution < 1.29 is 27.9 Å². The van der Waals surface area contributed by atoms with Gasteiger partial charge in [-0.1, -0.05) is 18.2 Å². The quantitative estimate of drug-likeness (QED) is 0.682. The standard InChI is InChI=1S/C17H24N2O6S/c1-25-11-9-15(17(21)22)18-16(20)13-6-5-10-19(12-13)26(23,24)14-7-3-2-4-8-14/h2-4,7-8,13,15H,5-6,9-12H2,1H3,(H,18,20)(H,21,22). The van der Waals surface area contributed by atoms with E-state index in [4.69, 9.17) is 4.74 Å². The lowest BCUT2D eigenvalue weighted by molar-refractivity contribution is -0.143. The lowest BCUT2D eigenvalue weighted by atomic mass is 9.98. The van der Waals surface area contributed by atoms with Crippen LogP contribution in [0.5, 0.6) is 0 Å². The maximum absolute atomic E-state index is 12.7. The van der Waals surface area contributed by atoms with Crippen LogP contribution in [0, 0.1) is 5.92 Å². The van der Waals surface area contributed by atoms with Gasteiger partial charge in [0, 0.05) is 33.2 Å². The van der Waals surface area contributed by atoms with E-state index in [0.29, 0.717) is 19.4 Å². The molecule has 1 heterocycles. The monoisotopic (exact) mass is 384 g/mol. The van der Waals surface area contributed by atoms with Crippen LogP contribution in [0.1, 0.15) is 19.3 Å². The molecule has 26 heavy (non-hydrogen) atoms. The fourth-order valence-corrected chi connectivity index (χ4v) is 4.44. The number of hydrogen-bond acceptors (Lipinski definition) is 5. The van der Waals surface area contributed by atoms with Crippen molar-refractivity contribution in [3.8, 4) is 0 Å². The van der Waals surface area contributed by atoms with Gasteiger partial charge in [0.2, 0.25) is 15.9 Å². The van der Waals surface area contributed by atoms with Crippen molar-refractivity contribution in [1.29, 1.82) is 0 Å². The molecular weight excluding hydrogens is 360 g/mol. The number of carboxylic acids is 1. The molecule has 1 saturated heterocycles. The molecule has 0 spiro atoms. The van der Waals surface area contributed by atoms with Crippen LogP contribution in [0.4, 0.5) is 0 Å². The molecule has 2 N–H and O–H groups in total. The number of hydrogen-bond donors (Lipinski definition) is 2. The van der Waals surface area contributed by atoms with Crippen molar-refractivity contribution in [3.63, 3.8) is 0 Å². The van der Waals surface area contributed by atoms with Gasteiger partial charge in [0.05, 0.1) is 10.8 Å². The summed E-state index contributed by atoms with van der Waals surface area (Å²) in [4.78, 5) is 23.9. The third-order valence-corrected chi connectivity index (χ3v) is 6.24. The zero-order chi connectivity index (χ0) is 19.2. The fraction of sp³-hybridized carbons (Fsp3) is 0.529. The van der Waals surface area contributed by atoms with Gasteiger partial charge >= 0.3 is 5.97 Å². The first kappa shape index (κ1) is 20.3. The first-order valence-corrected chi connectivity index (χ1v) is 9.87. The van der Waals surface area contributed by atoms with Gasteiger partial charge in [0.1, 0.15) is 6.04 Å². The molecule has 2 rings (SSSR count). The first-order chi connectivity index (χ1) is 12.4. The minimum Gasteiger partial charge on any atom is -0.480 e. The lowest BCUT2D eigenvalue weighted by Gasteiger charge is -2.31. The second kappa shape index (κ2) is 9.11. The summed E-state index contributed by atoms with van der Waals surface area (Å²) in [7, 11) is -2.22. The average molecular weight is 384 g/mol. The number of nitrogens with zero attached hydrogens (tertiary/aromatic N) is 1. The van der Waals surface area contributed by atoms with Crippen LogP contribution in [-0.4, -0.2) is 62.6 Å². The molecule has 8 nitrogen and oxygen atoms in total. The summed E-state index contributed by atoms with van der Waals surface area (Å²) in [6.07, 6.45) is 1.21. The number of aliphatic carboxylic acids is 1. The smallest absolute Gasteiger partial charge is 0.326 e. The number of piperidine rings is 1. The van der Waals surface area contributed by atoms with Gasteiger partial charge in [-0.15, -0.1) is 0 Å². The van der Waals surface area contributed by atoms with Crippen LogP contribution in [0.25, 0.3) is 0 Å². The highest BCUT2D eigenvalue weighted by Gasteiger charge is 2.34. The Labute approximate surface area is 153 Å². The van der Waals surface area contributed by atoms with Crippen molar-refractivity contribution in [2.45, 2.75) is 30.2 Å². The molecule has 1 aliphatic rings. The van der Waals surface area contributed by atoms with E-state index < -0.39 is 33.9 Å². The first-order valence-electron chi connectivity index (χ1n) is 8.43. The largest absolute Gasteiger partial charge is 0.480 e. The number of carbonyl (C=O) groups is 2. The highest BCUT2D eigenvalue weighted by atomic mass is 32.2. The molecular formula is C17H24N2O6S. The van der Waals surface area contributed by atoms with Crippen molar-refractivity contribution in [3.05, 3.63) is 30.3 Å². The summed E-state index contributed by atoms with van der Waals surface area (Å²) in [6.45, 7) is 0.586. The van der Waals surface area contributed by atoms with Crippen LogP contribution in [0.2, 0.25) is 0 Å². The van der Waals surface area contributed by atoms with Crippen LogP contribution >= 0.6 is 0 Å². The number of benzene rings is 1. The van der Waals surface area contributed by atoms with E-state index >= 15 is 0 Å². The second-order valence-electron chi connectivity index (χ2n) is 6.20. The number of ether oxygens (including phenoxy) is 1. The summed E-state index contributed by atoms with van der Waals surface area (Å²) in [6, 6.07) is 7.01. The van der Waals surface area contributed by atoms with Crippen LogP contribution in [-0.2, 0) is 24.3 Å². The molecule has 1 aliphatic heterocycles. The molecule has 1 amide bonds.